The van der Waals surface area contributed by atoms with Crippen molar-refractivity contribution in [2.24, 2.45) is 7.05 Å². The van der Waals surface area contributed by atoms with Crippen LogP contribution in [0.1, 0.15) is 23.7 Å². The molecule has 0 aliphatic rings. The van der Waals surface area contributed by atoms with Crippen molar-refractivity contribution in [3.05, 3.63) is 66.0 Å². The van der Waals surface area contributed by atoms with Gasteiger partial charge in [0.05, 0.1) is 12.3 Å². The SMILES string of the molecule is Cn1cc(CCC(O)c2cccc3ccccc23)cn1. The Labute approximate surface area is 118 Å². The van der Waals surface area contributed by atoms with Crippen LogP contribution < -0.4 is 0 Å². The van der Waals surface area contributed by atoms with Crippen LogP contribution in [-0.4, -0.2) is 14.9 Å². The van der Waals surface area contributed by atoms with E-state index in [0.717, 1.165) is 22.9 Å². The first-order chi connectivity index (χ1) is 9.74. The van der Waals surface area contributed by atoms with Crippen LogP contribution in [0.25, 0.3) is 10.8 Å². The summed E-state index contributed by atoms with van der Waals surface area (Å²) in [6.45, 7) is 0. The first-order valence-corrected chi connectivity index (χ1v) is 6.87. The molecule has 3 heteroatoms. The fourth-order valence-corrected chi connectivity index (χ4v) is 2.60. The molecule has 1 aromatic heterocycles. The van der Waals surface area contributed by atoms with Gasteiger partial charge in [-0.25, -0.2) is 0 Å². The van der Waals surface area contributed by atoms with Crippen LogP contribution in [-0.2, 0) is 13.5 Å². The Balaban J connectivity index is 1.80. The van der Waals surface area contributed by atoms with Gasteiger partial charge < -0.3 is 5.11 Å². The fourth-order valence-electron chi connectivity index (χ4n) is 2.60. The lowest BCUT2D eigenvalue weighted by molar-refractivity contribution is 0.169. The summed E-state index contributed by atoms with van der Waals surface area (Å²) in [5, 5.41) is 16.9. The molecule has 2 aromatic carbocycles. The lowest BCUT2D eigenvalue weighted by Crippen LogP contribution is -2.00. The fraction of sp³-hybridized carbons (Fsp3) is 0.235. The summed E-state index contributed by atoms with van der Waals surface area (Å²) in [6, 6.07) is 14.3. The van der Waals surface area contributed by atoms with Gasteiger partial charge >= 0.3 is 0 Å². The van der Waals surface area contributed by atoms with Crippen molar-refractivity contribution in [3.63, 3.8) is 0 Å². The summed E-state index contributed by atoms with van der Waals surface area (Å²) < 4.78 is 1.79. The maximum absolute atomic E-state index is 10.5. The average Bonchev–Trinajstić information content (AvgIpc) is 2.90. The number of fused-ring (bicyclic) bond motifs is 1. The highest BCUT2D eigenvalue weighted by molar-refractivity contribution is 5.85. The van der Waals surface area contributed by atoms with E-state index in [-0.39, 0.29) is 0 Å². The van der Waals surface area contributed by atoms with Crippen molar-refractivity contribution in [1.29, 1.82) is 0 Å². The maximum atomic E-state index is 10.5. The minimum absolute atomic E-state index is 0.443. The Hall–Kier alpha value is -2.13. The van der Waals surface area contributed by atoms with Crippen molar-refractivity contribution in [2.75, 3.05) is 0 Å². The van der Waals surface area contributed by atoms with E-state index in [0.29, 0.717) is 6.42 Å². The largest absolute Gasteiger partial charge is 0.388 e. The van der Waals surface area contributed by atoms with Crippen LogP contribution in [0.5, 0.6) is 0 Å². The van der Waals surface area contributed by atoms with Gasteiger partial charge in [0, 0.05) is 13.2 Å². The summed E-state index contributed by atoms with van der Waals surface area (Å²) in [5.41, 5.74) is 2.17. The van der Waals surface area contributed by atoms with E-state index in [1.54, 1.807) is 4.68 Å². The molecule has 1 unspecified atom stereocenters. The Bertz CT molecular complexity index is 712. The Kier molecular flexibility index (Phi) is 3.52. The van der Waals surface area contributed by atoms with E-state index in [1.165, 1.54) is 5.39 Å². The third-order valence-electron chi connectivity index (χ3n) is 3.65. The molecule has 3 aromatic rings. The topological polar surface area (TPSA) is 38.0 Å². The second-order valence-corrected chi connectivity index (χ2v) is 5.15. The highest BCUT2D eigenvalue weighted by Crippen LogP contribution is 2.27. The number of aromatic nitrogens is 2. The van der Waals surface area contributed by atoms with Gasteiger partial charge in [0.1, 0.15) is 0 Å². The highest BCUT2D eigenvalue weighted by Gasteiger charge is 2.11. The summed E-state index contributed by atoms with van der Waals surface area (Å²) in [7, 11) is 1.91. The molecule has 1 N–H and O–H groups in total. The minimum atomic E-state index is -0.443. The van der Waals surface area contributed by atoms with Crippen LogP contribution in [0.15, 0.2) is 54.9 Å². The smallest absolute Gasteiger partial charge is 0.0799 e. The van der Waals surface area contributed by atoms with E-state index in [1.807, 2.05) is 43.7 Å². The molecule has 1 heterocycles. The predicted octanol–water partition coefficient (Wildman–Crippen LogP) is 3.24. The Morgan fingerprint density at radius 3 is 2.75 bits per heavy atom. The van der Waals surface area contributed by atoms with Gasteiger partial charge in [-0.15, -0.1) is 0 Å². The van der Waals surface area contributed by atoms with E-state index in [4.69, 9.17) is 0 Å². The molecule has 3 nitrogen and oxygen atoms in total. The van der Waals surface area contributed by atoms with E-state index in [2.05, 4.69) is 23.3 Å². The van der Waals surface area contributed by atoms with Gasteiger partial charge in [0.15, 0.2) is 0 Å². The monoisotopic (exact) mass is 266 g/mol. The van der Waals surface area contributed by atoms with Gasteiger partial charge in [-0.1, -0.05) is 42.5 Å². The van der Waals surface area contributed by atoms with E-state index >= 15 is 0 Å². The van der Waals surface area contributed by atoms with Gasteiger partial charge in [-0.2, -0.15) is 5.10 Å². The van der Waals surface area contributed by atoms with Crippen LogP contribution >= 0.6 is 0 Å². The molecule has 1 atom stereocenters. The molecule has 0 aliphatic carbocycles. The molecule has 0 radical (unpaired) electrons. The quantitative estimate of drug-likeness (QED) is 0.787. The summed E-state index contributed by atoms with van der Waals surface area (Å²) in [5.74, 6) is 0. The lowest BCUT2D eigenvalue weighted by Gasteiger charge is -2.13. The Morgan fingerprint density at radius 1 is 1.15 bits per heavy atom. The molecule has 0 spiro atoms. The Morgan fingerprint density at radius 2 is 1.95 bits per heavy atom. The first kappa shape index (κ1) is 12.9. The number of nitrogens with zero attached hydrogens (tertiary/aromatic N) is 2. The average molecular weight is 266 g/mol. The zero-order valence-electron chi connectivity index (χ0n) is 11.5. The molecule has 102 valence electrons. The molecule has 3 rings (SSSR count). The lowest BCUT2D eigenvalue weighted by atomic mass is 9.97. The van der Waals surface area contributed by atoms with Crippen LogP contribution in [0, 0.1) is 0 Å². The third-order valence-corrected chi connectivity index (χ3v) is 3.65. The van der Waals surface area contributed by atoms with Crippen molar-refractivity contribution in [3.8, 4) is 0 Å². The van der Waals surface area contributed by atoms with Crippen molar-refractivity contribution < 1.29 is 5.11 Å². The second-order valence-electron chi connectivity index (χ2n) is 5.15. The van der Waals surface area contributed by atoms with E-state index < -0.39 is 6.10 Å². The third kappa shape index (κ3) is 2.58. The number of aliphatic hydroxyl groups excluding tert-OH is 1. The number of hydrogen-bond donors (Lipinski definition) is 1. The van der Waals surface area contributed by atoms with Crippen LogP contribution in [0.3, 0.4) is 0 Å². The summed E-state index contributed by atoms with van der Waals surface area (Å²) in [4.78, 5) is 0. The number of aliphatic hydroxyl groups is 1. The molecular formula is C17H18N2O. The molecular weight excluding hydrogens is 248 g/mol. The highest BCUT2D eigenvalue weighted by atomic mass is 16.3. The molecule has 0 saturated heterocycles. The summed E-state index contributed by atoms with van der Waals surface area (Å²) >= 11 is 0. The normalized spacial score (nSPS) is 12.7. The van der Waals surface area contributed by atoms with Crippen LogP contribution in [0.2, 0.25) is 0 Å². The second kappa shape index (κ2) is 5.47. The molecule has 0 fully saturated rings. The van der Waals surface area contributed by atoms with Crippen molar-refractivity contribution >= 4 is 10.8 Å². The van der Waals surface area contributed by atoms with Gasteiger partial charge in [0.2, 0.25) is 0 Å². The van der Waals surface area contributed by atoms with Crippen molar-refractivity contribution in [1.82, 2.24) is 9.78 Å². The standard InChI is InChI=1S/C17H18N2O/c1-19-12-13(11-18-19)9-10-17(20)16-8-4-6-14-5-2-3-7-15(14)16/h2-8,11-12,17,20H,9-10H2,1H3. The van der Waals surface area contributed by atoms with Gasteiger partial charge in [-0.05, 0) is 34.7 Å². The number of benzene rings is 2. The molecule has 0 saturated carbocycles. The number of rotatable bonds is 4. The molecule has 0 amide bonds. The predicted molar refractivity (Wildman–Crippen MR) is 80.4 cm³/mol. The zero-order chi connectivity index (χ0) is 13.9. The number of hydrogen-bond acceptors (Lipinski definition) is 2. The minimum Gasteiger partial charge on any atom is -0.388 e. The summed E-state index contributed by atoms with van der Waals surface area (Å²) in [6.07, 6.45) is 4.95. The molecule has 20 heavy (non-hydrogen) atoms. The van der Waals surface area contributed by atoms with Crippen LogP contribution in [0.4, 0.5) is 0 Å². The zero-order valence-corrected chi connectivity index (χ0v) is 11.5. The first-order valence-electron chi connectivity index (χ1n) is 6.87. The molecule has 0 bridgehead atoms. The maximum Gasteiger partial charge on any atom is 0.0799 e. The number of aryl methyl sites for hydroxylation is 2. The van der Waals surface area contributed by atoms with E-state index in [9.17, 15) is 5.11 Å². The van der Waals surface area contributed by atoms with Gasteiger partial charge in [-0.3, -0.25) is 4.68 Å². The van der Waals surface area contributed by atoms with Crippen molar-refractivity contribution in [2.45, 2.75) is 18.9 Å². The van der Waals surface area contributed by atoms with Gasteiger partial charge in [0.25, 0.3) is 0 Å². The molecule has 0 aliphatic heterocycles.